The summed E-state index contributed by atoms with van der Waals surface area (Å²) < 4.78 is 0. The third kappa shape index (κ3) is 27.0. The van der Waals surface area contributed by atoms with E-state index in [0.717, 1.165) is 13.8 Å². The standard InChI is InChI=1S/C73H99N15O18/c1-41(90)61-71(103)85-55(36-45-28-30-47(92)31-29-45)69(101)88-62(42(2)91)72(104)86-58(40-89)70(102)80-52(73(105)106)26-10-5-11-27-60(94)78-50(24-14-16-32-74)63(95)84-57(38-59(76)93)68(100)82-53(34-43-18-6-3-7-19-43)65(97)81-54(35-44-20-8-4-9-21-44)66(98)83-56(37-46-39-77-49-23-13-12-22-48(46)49)67(99)79-51(64(96)87-61)25-15-17-33-75/h3-4,6-9,12-13,18-23,28-31,39,41-42,50-58,61-62,77,89-92H,5,10-11,14-17,24-27,32-38,40,74-75H2,1-2H3,(H2,76,93)(H,78,94)(H,79,99)(H,80,102)(H,81,97)(H,82,100)(H,83,98)(H,84,95)(H,85,103)(H,86,104)(H,87,96)(H,88,101)(H,105,106)/t41-,42-,50-,51?,52+,53-,54?,55+,56+,57-,58+,61+,62+/m0/s1. The number of rotatable bonds is 22. The highest BCUT2D eigenvalue weighted by Gasteiger charge is 2.39. The largest absolute Gasteiger partial charge is 0.508 e. The lowest BCUT2D eigenvalue weighted by molar-refractivity contribution is -0.143. The van der Waals surface area contributed by atoms with Gasteiger partial charge in [0.25, 0.3) is 0 Å². The van der Waals surface area contributed by atoms with Gasteiger partial charge in [0.2, 0.25) is 70.9 Å². The Labute approximate surface area is 612 Å². The minimum absolute atomic E-state index is 0.00519. The number of phenols is 1. The Kier molecular flexibility index (Phi) is 33.9. The molecule has 13 atom stereocenters. The molecule has 0 saturated carbocycles. The molecule has 1 aromatic heterocycles. The second-order valence-electron chi connectivity index (χ2n) is 26.2. The molecule has 0 bridgehead atoms. The zero-order valence-electron chi connectivity index (χ0n) is 59.2. The summed E-state index contributed by atoms with van der Waals surface area (Å²) >= 11 is 0. The van der Waals surface area contributed by atoms with E-state index < -0.39 is 175 Å². The number of nitrogens with one attached hydrogen (secondary N) is 12. The molecule has 1 aliphatic heterocycles. The van der Waals surface area contributed by atoms with Crippen molar-refractivity contribution < 1.29 is 87.9 Å². The summed E-state index contributed by atoms with van der Waals surface area (Å²) in [4.78, 5) is 188. The molecule has 33 nitrogen and oxygen atoms in total. The normalized spacial score (nSPS) is 23.9. The number of unbranched alkanes of at least 4 members (excludes halogenated alkanes) is 2. The van der Waals surface area contributed by atoms with Crippen LogP contribution in [0.4, 0.5) is 0 Å². The van der Waals surface area contributed by atoms with Crippen LogP contribution in [-0.2, 0) is 88.0 Å². The zero-order chi connectivity index (χ0) is 77.4. The zero-order valence-corrected chi connectivity index (χ0v) is 59.2. The van der Waals surface area contributed by atoms with Crippen molar-refractivity contribution in [2.24, 2.45) is 17.2 Å². The van der Waals surface area contributed by atoms with Gasteiger partial charge in [-0.3, -0.25) is 57.5 Å². The summed E-state index contributed by atoms with van der Waals surface area (Å²) in [5.74, 6) is -14.1. The number of aliphatic hydroxyl groups excluding tert-OH is 3. The molecule has 12 amide bonds. The molecular weight excluding hydrogens is 1370 g/mol. The van der Waals surface area contributed by atoms with Crippen molar-refractivity contribution in [2.75, 3.05) is 19.7 Å². The van der Waals surface area contributed by atoms with E-state index >= 15 is 14.4 Å². The summed E-state index contributed by atoms with van der Waals surface area (Å²) in [5, 5.41) is 81.2. The number of carbonyl (C=O) groups excluding carboxylic acids is 12. The Morgan fingerprint density at radius 1 is 0.453 bits per heavy atom. The lowest BCUT2D eigenvalue weighted by Crippen LogP contribution is -2.63. The Hall–Kier alpha value is -10.9. The Morgan fingerprint density at radius 3 is 1.35 bits per heavy atom. The molecule has 0 aliphatic carbocycles. The summed E-state index contributed by atoms with van der Waals surface area (Å²) in [6.45, 7) is 1.45. The number of H-pyrrole nitrogens is 1. The number of aliphatic hydroxyl groups is 3. The highest BCUT2D eigenvalue weighted by molar-refractivity contribution is 6.00. The lowest BCUT2D eigenvalue weighted by Gasteiger charge is -2.29. The number of aromatic nitrogens is 1. The van der Waals surface area contributed by atoms with Gasteiger partial charge in [-0.15, -0.1) is 0 Å². The number of para-hydroxylation sites is 1. The molecule has 1 aliphatic rings. The number of benzene rings is 4. The highest BCUT2D eigenvalue weighted by atomic mass is 16.4. The number of carboxylic acids is 1. The molecule has 106 heavy (non-hydrogen) atoms. The van der Waals surface area contributed by atoms with Crippen LogP contribution in [0.5, 0.6) is 5.75 Å². The second kappa shape index (κ2) is 42.8. The number of aliphatic carboxylic acids is 1. The van der Waals surface area contributed by atoms with Crippen LogP contribution < -0.4 is 75.7 Å². The average molecular weight is 1470 g/mol. The van der Waals surface area contributed by atoms with Crippen LogP contribution in [0.25, 0.3) is 10.9 Å². The van der Waals surface area contributed by atoms with Crippen LogP contribution >= 0.6 is 0 Å². The molecule has 2 unspecified atom stereocenters. The van der Waals surface area contributed by atoms with Gasteiger partial charge in [0.1, 0.15) is 72.2 Å². The molecule has 574 valence electrons. The van der Waals surface area contributed by atoms with E-state index in [1.165, 1.54) is 24.3 Å². The minimum atomic E-state index is -1.96. The van der Waals surface area contributed by atoms with Gasteiger partial charge in [0.05, 0.1) is 25.2 Å². The van der Waals surface area contributed by atoms with Crippen LogP contribution in [0.15, 0.2) is 115 Å². The third-order valence-electron chi connectivity index (χ3n) is 17.7. The number of aromatic amines is 1. The second-order valence-corrected chi connectivity index (χ2v) is 26.2. The van der Waals surface area contributed by atoms with E-state index in [1.54, 1.807) is 91.1 Å². The number of nitrogens with two attached hydrogens (primary N) is 3. The number of phenolic OH excluding ortho intramolecular Hbond substituents is 1. The van der Waals surface area contributed by atoms with E-state index in [-0.39, 0.29) is 89.5 Å². The smallest absolute Gasteiger partial charge is 0.326 e. The molecule has 33 heteroatoms. The number of hydrogen-bond acceptors (Lipinski definition) is 19. The molecule has 6 rings (SSSR count). The van der Waals surface area contributed by atoms with Crippen molar-refractivity contribution in [2.45, 2.75) is 195 Å². The first-order valence-electron chi connectivity index (χ1n) is 35.3. The molecule has 2 heterocycles. The van der Waals surface area contributed by atoms with Gasteiger partial charge >= 0.3 is 5.97 Å². The molecule has 23 N–H and O–H groups in total. The number of carboxylic acid groups (broad SMARTS) is 1. The fraction of sp³-hybridized carbons (Fsp3) is 0.466. The quantitative estimate of drug-likeness (QED) is 0.0316. The number of hydrogen-bond donors (Lipinski definition) is 20. The van der Waals surface area contributed by atoms with Crippen molar-refractivity contribution in [3.8, 4) is 5.75 Å². The van der Waals surface area contributed by atoms with Crippen LogP contribution in [0, 0.1) is 0 Å². The number of aromatic hydroxyl groups is 1. The topological polar surface area (TPSA) is 549 Å². The summed E-state index contributed by atoms with van der Waals surface area (Å²) in [6, 6.07) is 10.7. The van der Waals surface area contributed by atoms with Gasteiger partial charge in [0, 0.05) is 49.2 Å². The first-order valence-corrected chi connectivity index (χ1v) is 35.3. The number of amides is 12. The summed E-state index contributed by atoms with van der Waals surface area (Å²) in [5.41, 5.74) is 19.8. The van der Waals surface area contributed by atoms with Crippen molar-refractivity contribution in [1.29, 1.82) is 0 Å². The van der Waals surface area contributed by atoms with Crippen LogP contribution in [0.1, 0.15) is 113 Å². The van der Waals surface area contributed by atoms with Gasteiger partial charge in [-0.2, -0.15) is 0 Å². The summed E-state index contributed by atoms with van der Waals surface area (Å²) in [7, 11) is 0. The monoisotopic (exact) mass is 1470 g/mol. The van der Waals surface area contributed by atoms with Gasteiger partial charge in [0.15, 0.2) is 0 Å². The summed E-state index contributed by atoms with van der Waals surface area (Å²) in [6.07, 6.45) is -2.84. The predicted molar refractivity (Wildman–Crippen MR) is 386 cm³/mol. The van der Waals surface area contributed by atoms with Gasteiger partial charge in [-0.05, 0) is 119 Å². The Morgan fingerprint density at radius 2 is 0.858 bits per heavy atom. The SMILES string of the molecule is C[C@H](O)[C@H]1NC(=O)C(CCCCN)NC(=O)[C@@H](Cc2c[nH]c3ccccc23)NC(=O)C(Cc2ccccc2)NC(=O)[C@H](Cc2ccccc2)NC(=O)[C@H](CC(N)=O)NC(=O)[C@H](CCCCN)NC(=O)CCCCC[C@H](C(=O)O)NC(=O)[C@@H](CO)NC(=O)[C@@H]([C@H](C)O)NC(=O)[C@@H](Cc2ccc(O)cc2)NC1=O. The molecule has 1 fully saturated rings. The molecular formula is C73H99N15O18. The third-order valence-corrected chi connectivity index (χ3v) is 17.7. The predicted octanol–water partition coefficient (Wildman–Crippen LogP) is -2.59. The number of carbonyl (C=O) groups is 13. The van der Waals surface area contributed by atoms with Crippen molar-refractivity contribution >= 4 is 87.8 Å². The Balaban J connectivity index is 1.43. The maximum atomic E-state index is 15.3. The van der Waals surface area contributed by atoms with Crippen molar-refractivity contribution in [1.82, 2.24) is 63.5 Å². The van der Waals surface area contributed by atoms with Gasteiger partial charge in [-0.1, -0.05) is 104 Å². The average Bonchev–Trinajstić information content (AvgIpc) is 1.72. The number of fused-ring (bicyclic) bond motifs is 1. The van der Waals surface area contributed by atoms with Gasteiger partial charge in [-0.25, -0.2) is 4.79 Å². The maximum Gasteiger partial charge on any atom is 0.326 e. The van der Waals surface area contributed by atoms with Crippen molar-refractivity contribution in [3.63, 3.8) is 0 Å². The molecule has 4 aromatic carbocycles. The minimum Gasteiger partial charge on any atom is -0.508 e. The van der Waals surface area contributed by atoms with E-state index in [0.29, 0.717) is 52.4 Å². The van der Waals surface area contributed by atoms with E-state index in [2.05, 4.69) is 63.5 Å². The fourth-order valence-electron chi connectivity index (χ4n) is 11.9. The lowest BCUT2D eigenvalue weighted by atomic mass is 10.00. The van der Waals surface area contributed by atoms with Crippen LogP contribution in [0.2, 0.25) is 0 Å². The number of primary amides is 1. The van der Waals surface area contributed by atoms with Crippen molar-refractivity contribution in [3.05, 3.63) is 138 Å². The Bertz CT molecular complexity index is 3790. The molecule has 0 radical (unpaired) electrons. The first-order chi connectivity index (χ1) is 50.7. The van der Waals surface area contributed by atoms with E-state index in [1.807, 2.05) is 0 Å². The highest BCUT2D eigenvalue weighted by Crippen LogP contribution is 2.21. The first kappa shape index (κ1) is 84.1. The van der Waals surface area contributed by atoms with Crippen LogP contribution in [0.3, 0.4) is 0 Å². The van der Waals surface area contributed by atoms with Crippen LogP contribution in [-0.4, -0.2) is 206 Å². The molecule has 5 aromatic rings. The fourth-order valence-corrected chi connectivity index (χ4v) is 11.9. The molecule has 0 spiro atoms. The van der Waals surface area contributed by atoms with E-state index in [9.17, 15) is 73.5 Å². The van der Waals surface area contributed by atoms with E-state index in [4.69, 9.17) is 17.2 Å². The maximum absolute atomic E-state index is 15.3. The molecule has 1 saturated heterocycles. The van der Waals surface area contributed by atoms with Gasteiger partial charge < -0.3 is 106 Å².